The van der Waals surface area contributed by atoms with E-state index in [4.69, 9.17) is 9.15 Å². The van der Waals surface area contributed by atoms with Gasteiger partial charge in [0.2, 0.25) is 6.10 Å². The fourth-order valence-corrected chi connectivity index (χ4v) is 2.28. The van der Waals surface area contributed by atoms with Crippen LogP contribution in [0.1, 0.15) is 36.7 Å². The second-order valence-corrected chi connectivity index (χ2v) is 5.64. The Morgan fingerprint density at radius 3 is 2.61 bits per heavy atom. The van der Waals surface area contributed by atoms with Gasteiger partial charge < -0.3 is 14.5 Å². The molecular weight excluding hydrogens is 294 g/mol. The van der Waals surface area contributed by atoms with Crippen molar-refractivity contribution in [2.75, 3.05) is 0 Å². The Morgan fingerprint density at radius 1 is 1.17 bits per heavy atom. The van der Waals surface area contributed by atoms with Crippen molar-refractivity contribution >= 4 is 11.9 Å². The predicted molar refractivity (Wildman–Crippen MR) is 83.5 cm³/mol. The molecule has 23 heavy (non-hydrogen) atoms. The van der Waals surface area contributed by atoms with Crippen LogP contribution < -0.4 is 5.32 Å². The van der Waals surface area contributed by atoms with Crippen molar-refractivity contribution in [3.63, 3.8) is 0 Å². The van der Waals surface area contributed by atoms with Crippen LogP contribution in [-0.4, -0.2) is 17.9 Å². The molecule has 1 aromatic heterocycles. The second kappa shape index (κ2) is 7.13. The molecule has 0 radical (unpaired) electrons. The highest BCUT2D eigenvalue weighted by Gasteiger charge is 2.30. The number of nitrogens with one attached hydrogen (secondary N) is 1. The molecule has 0 bridgehead atoms. The van der Waals surface area contributed by atoms with Gasteiger partial charge in [-0.1, -0.05) is 30.3 Å². The highest BCUT2D eigenvalue weighted by molar-refractivity contribution is 5.85. The molecule has 3 rings (SSSR count). The maximum atomic E-state index is 12.4. The van der Waals surface area contributed by atoms with Crippen LogP contribution in [0.25, 0.3) is 0 Å². The summed E-state index contributed by atoms with van der Waals surface area (Å²) in [5.74, 6) is 0.0480. The molecule has 1 atom stereocenters. The smallest absolute Gasteiger partial charge is 0.307 e. The summed E-state index contributed by atoms with van der Waals surface area (Å²) in [5.41, 5.74) is 0.678. The van der Waals surface area contributed by atoms with Crippen LogP contribution in [0.15, 0.2) is 53.1 Å². The summed E-state index contributed by atoms with van der Waals surface area (Å²) < 4.78 is 10.6. The van der Waals surface area contributed by atoms with E-state index in [1.165, 1.54) is 0 Å². The van der Waals surface area contributed by atoms with E-state index in [1.54, 1.807) is 24.5 Å². The zero-order valence-corrected chi connectivity index (χ0v) is 12.7. The van der Waals surface area contributed by atoms with E-state index in [1.807, 2.05) is 24.3 Å². The van der Waals surface area contributed by atoms with E-state index >= 15 is 0 Å². The molecule has 1 aliphatic carbocycles. The highest BCUT2D eigenvalue weighted by Crippen LogP contribution is 2.23. The molecule has 0 aliphatic heterocycles. The SMILES string of the molecule is O=C(CCc1ccco1)O[C@@H](C(=O)NC1CC1)c1ccccc1. The average molecular weight is 313 g/mol. The van der Waals surface area contributed by atoms with Crippen LogP contribution in [0.2, 0.25) is 0 Å². The van der Waals surface area contributed by atoms with Crippen molar-refractivity contribution in [3.8, 4) is 0 Å². The number of furan rings is 1. The van der Waals surface area contributed by atoms with E-state index in [0.717, 1.165) is 18.6 Å². The third-order valence-electron chi connectivity index (χ3n) is 3.67. The van der Waals surface area contributed by atoms with Crippen LogP contribution in [0.3, 0.4) is 0 Å². The van der Waals surface area contributed by atoms with Crippen molar-refractivity contribution in [3.05, 3.63) is 60.1 Å². The van der Waals surface area contributed by atoms with Crippen molar-refractivity contribution in [2.24, 2.45) is 0 Å². The van der Waals surface area contributed by atoms with Gasteiger partial charge in [-0.2, -0.15) is 0 Å². The lowest BCUT2D eigenvalue weighted by atomic mass is 10.1. The van der Waals surface area contributed by atoms with E-state index in [2.05, 4.69) is 5.32 Å². The molecule has 0 spiro atoms. The lowest BCUT2D eigenvalue weighted by molar-refractivity contribution is -0.156. The summed E-state index contributed by atoms with van der Waals surface area (Å²) in [4.78, 5) is 24.4. The summed E-state index contributed by atoms with van der Waals surface area (Å²) in [5, 5.41) is 2.89. The summed E-state index contributed by atoms with van der Waals surface area (Å²) in [6, 6.07) is 12.9. The summed E-state index contributed by atoms with van der Waals surface area (Å²) in [6.45, 7) is 0. The first-order chi connectivity index (χ1) is 11.2. The fraction of sp³-hybridized carbons (Fsp3) is 0.333. The van der Waals surface area contributed by atoms with Gasteiger partial charge in [0.25, 0.3) is 5.91 Å². The Hall–Kier alpha value is -2.56. The molecule has 120 valence electrons. The van der Waals surface area contributed by atoms with E-state index in [0.29, 0.717) is 12.0 Å². The average Bonchev–Trinajstić information content (AvgIpc) is 3.22. The van der Waals surface area contributed by atoms with Gasteiger partial charge in [-0.25, -0.2) is 0 Å². The molecule has 1 amide bonds. The van der Waals surface area contributed by atoms with Gasteiger partial charge in [0.05, 0.1) is 12.7 Å². The molecule has 1 saturated carbocycles. The van der Waals surface area contributed by atoms with E-state index in [-0.39, 0.29) is 18.4 Å². The van der Waals surface area contributed by atoms with Gasteiger partial charge >= 0.3 is 5.97 Å². The van der Waals surface area contributed by atoms with Crippen LogP contribution >= 0.6 is 0 Å². The third kappa shape index (κ3) is 4.45. The maximum absolute atomic E-state index is 12.4. The molecule has 2 aromatic rings. The quantitative estimate of drug-likeness (QED) is 0.798. The summed E-state index contributed by atoms with van der Waals surface area (Å²) in [6.07, 6.45) is 3.27. The molecule has 1 fully saturated rings. The fourth-order valence-electron chi connectivity index (χ4n) is 2.28. The van der Waals surface area contributed by atoms with Crippen molar-refractivity contribution in [1.82, 2.24) is 5.32 Å². The van der Waals surface area contributed by atoms with Crippen LogP contribution in [0.4, 0.5) is 0 Å². The lowest BCUT2D eigenvalue weighted by Crippen LogP contribution is -2.33. The number of ether oxygens (including phenoxy) is 1. The maximum Gasteiger partial charge on any atom is 0.307 e. The van der Waals surface area contributed by atoms with Gasteiger partial charge in [-0.3, -0.25) is 9.59 Å². The first kappa shape index (κ1) is 15.3. The second-order valence-electron chi connectivity index (χ2n) is 5.64. The number of hydrogen-bond donors (Lipinski definition) is 1. The number of aryl methyl sites for hydroxylation is 1. The molecule has 1 aliphatic rings. The first-order valence-corrected chi connectivity index (χ1v) is 7.79. The molecule has 1 aromatic carbocycles. The van der Waals surface area contributed by atoms with E-state index < -0.39 is 12.1 Å². The molecule has 5 nitrogen and oxygen atoms in total. The zero-order chi connectivity index (χ0) is 16.1. The number of hydrogen-bond acceptors (Lipinski definition) is 4. The molecule has 0 saturated heterocycles. The highest BCUT2D eigenvalue weighted by atomic mass is 16.5. The van der Waals surface area contributed by atoms with Crippen LogP contribution in [-0.2, 0) is 20.7 Å². The Kier molecular flexibility index (Phi) is 4.76. The number of benzene rings is 1. The predicted octanol–water partition coefficient (Wildman–Crippen LogP) is 2.78. The number of esters is 1. The van der Waals surface area contributed by atoms with Crippen molar-refractivity contribution in [2.45, 2.75) is 37.8 Å². The normalized spacial score (nSPS) is 15.0. The molecule has 1 N–H and O–H groups in total. The lowest BCUT2D eigenvalue weighted by Gasteiger charge is -2.18. The number of carbonyl (C=O) groups is 2. The zero-order valence-electron chi connectivity index (χ0n) is 12.7. The molecular formula is C18H19NO4. The largest absolute Gasteiger partial charge is 0.469 e. The van der Waals surface area contributed by atoms with Crippen LogP contribution in [0.5, 0.6) is 0 Å². The Balaban J connectivity index is 1.62. The topological polar surface area (TPSA) is 68.5 Å². The van der Waals surface area contributed by atoms with Crippen molar-refractivity contribution in [1.29, 1.82) is 0 Å². The minimum absolute atomic E-state index is 0.174. The van der Waals surface area contributed by atoms with E-state index in [9.17, 15) is 9.59 Å². The summed E-state index contributed by atoms with van der Waals surface area (Å²) in [7, 11) is 0. The number of carbonyl (C=O) groups excluding carboxylic acids is 2. The molecule has 0 unspecified atom stereocenters. The Labute approximate surface area is 134 Å². The molecule has 1 heterocycles. The minimum atomic E-state index is -0.902. The Morgan fingerprint density at radius 2 is 1.96 bits per heavy atom. The van der Waals surface area contributed by atoms with Gasteiger partial charge in [-0.15, -0.1) is 0 Å². The van der Waals surface area contributed by atoms with Gasteiger partial charge in [0.15, 0.2) is 0 Å². The number of rotatable bonds is 7. The van der Waals surface area contributed by atoms with Gasteiger partial charge in [0.1, 0.15) is 5.76 Å². The number of amides is 1. The molecule has 5 heteroatoms. The third-order valence-corrected chi connectivity index (χ3v) is 3.67. The van der Waals surface area contributed by atoms with Gasteiger partial charge in [0, 0.05) is 18.0 Å². The first-order valence-electron chi connectivity index (χ1n) is 7.79. The Bertz CT molecular complexity index is 647. The minimum Gasteiger partial charge on any atom is -0.469 e. The van der Waals surface area contributed by atoms with Gasteiger partial charge in [-0.05, 0) is 25.0 Å². The van der Waals surface area contributed by atoms with Crippen LogP contribution in [0, 0.1) is 0 Å². The monoisotopic (exact) mass is 313 g/mol. The van der Waals surface area contributed by atoms with Crippen molar-refractivity contribution < 1.29 is 18.7 Å². The standard InChI is InChI=1S/C18H19NO4/c20-16(11-10-15-7-4-12-22-15)23-17(13-5-2-1-3-6-13)18(21)19-14-8-9-14/h1-7,12,14,17H,8-11H2,(H,19,21)/t17-/m1/s1. The summed E-state index contributed by atoms with van der Waals surface area (Å²) >= 11 is 0.